The Hall–Kier alpha value is -3.09. The monoisotopic (exact) mass is 366 g/mol. The van der Waals surface area contributed by atoms with E-state index in [2.05, 4.69) is 10.2 Å². The van der Waals surface area contributed by atoms with E-state index in [1.165, 1.54) is 0 Å². The highest BCUT2D eigenvalue weighted by molar-refractivity contribution is 5.81. The number of carbonyl (C=O) groups is 1. The van der Waals surface area contributed by atoms with Crippen LogP contribution in [-0.4, -0.2) is 45.2 Å². The van der Waals surface area contributed by atoms with E-state index < -0.39 is 6.10 Å². The number of pyridine rings is 1. The highest BCUT2D eigenvalue weighted by atomic mass is 16.5. The van der Waals surface area contributed by atoms with Crippen LogP contribution >= 0.6 is 0 Å². The molecule has 0 aliphatic carbocycles. The fourth-order valence-electron chi connectivity index (χ4n) is 3.53. The van der Waals surface area contributed by atoms with E-state index in [1.807, 2.05) is 45.8 Å². The quantitative estimate of drug-likeness (QED) is 0.694. The molecule has 7 heteroatoms. The number of hydrogen-bond acceptors (Lipinski definition) is 5. The van der Waals surface area contributed by atoms with Crippen LogP contribution < -0.4 is 9.47 Å². The average Bonchev–Trinajstić information content (AvgIpc) is 3.34. The van der Waals surface area contributed by atoms with Gasteiger partial charge in [0.1, 0.15) is 11.5 Å². The second kappa shape index (κ2) is 7.26. The van der Waals surface area contributed by atoms with E-state index in [4.69, 9.17) is 9.47 Å². The van der Waals surface area contributed by atoms with Gasteiger partial charge in [0.05, 0.1) is 13.2 Å². The molecule has 4 rings (SSSR count). The first-order valence-corrected chi connectivity index (χ1v) is 9.08. The van der Waals surface area contributed by atoms with Gasteiger partial charge in [-0.05, 0) is 56.2 Å². The minimum absolute atomic E-state index is 0.0407. The lowest BCUT2D eigenvalue weighted by Gasteiger charge is -2.26. The Morgan fingerprint density at radius 2 is 1.93 bits per heavy atom. The number of nitrogens with zero attached hydrogens (tertiary/aromatic N) is 4. The number of benzene rings is 1. The third-order valence-electron chi connectivity index (χ3n) is 4.89. The van der Waals surface area contributed by atoms with Crippen LogP contribution in [0, 0.1) is 0 Å². The second-order valence-corrected chi connectivity index (χ2v) is 6.61. The van der Waals surface area contributed by atoms with Gasteiger partial charge in [0.15, 0.2) is 17.6 Å². The number of aromatic nitrogens is 3. The van der Waals surface area contributed by atoms with Crippen molar-refractivity contribution in [1.82, 2.24) is 19.5 Å². The Morgan fingerprint density at radius 3 is 2.70 bits per heavy atom. The highest BCUT2D eigenvalue weighted by Gasteiger charge is 2.35. The van der Waals surface area contributed by atoms with Crippen LogP contribution in [0.25, 0.3) is 5.65 Å². The third-order valence-corrected chi connectivity index (χ3v) is 4.89. The Bertz CT molecular complexity index is 938. The first-order chi connectivity index (χ1) is 13.2. The topological polar surface area (TPSA) is 69.0 Å². The molecule has 0 saturated carbocycles. The third kappa shape index (κ3) is 3.32. The van der Waals surface area contributed by atoms with Crippen LogP contribution in [0.2, 0.25) is 0 Å². The highest BCUT2D eigenvalue weighted by Crippen LogP contribution is 2.32. The van der Waals surface area contributed by atoms with E-state index in [9.17, 15) is 4.79 Å². The van der Waals surface area contributed by atoms with Gasteiger partial charge in [0.2, 0.25) is 0 Å². The average molecular weight is 366 g/mol. The maximum Gasteiger partial charge on any atom is 0.263 e. The van der Waals surface area contributed by atoms with Crippen LogP contribution in [0.15, 0.2) is 48.7 Å². The molecule has 0 N–H and O–H groups in total. The van der Waals surface area contributed by atoms with Crippen molar-refractivity contribution in [2.75, 3.05) is 13.7 Å². The van der Waals surface area contributed by atoms with Crippen molar-refractivity contribution in [1.29, 1.82) is 0 Å². The van der Waals surface area contributed by atoms with Crippen LogP contribution in [0.3, 0.4) is 0 Å². The molecule has 7 nitrogen and oxygen atoms in total. The molecule has 1 fully saturated rings. The molecule has 1 amide bonds. The molecule has 3 aromatic rings. The largest absolute Gasteiger partial charge is 0.497 e. The Balaban J connectivity index is 1.51. The minimum atomic E-state index is -0.585. The number of carbonyl (C=O) groups excluding carboxylic acids is 1. The second-order valence-electron chi connectivity index (χ2n) is 6.61. The fourth-order valence-corrected chi connectivity index (χ4v) is 3.53. The number of rotatable bonds is 5. The van der Waals surface area contributed by atoms with Crippen molar-refractivity contribution in [2.45, 2.75) is 31.9 Å². The van der Waals surface area contributed by atoms with Gasteiger partial charge >= 0.3 is 0 Å². The standard InChI is InChI=1S/C20H22N4O3/c1-14(27-16-10-8-15(26-2)9-11-16)20(25)23-13-5-6-17(23)19-22-21-18-7-3-4-12-24(18)19/h3-4,7-12,14,17H,5-6,13H2,1-2H3/t14-,17+/m1/s1. The zero-order chi connectivity index (χ0) is 18.8. The lowest BCUT2D eigenvalue weighted by molar-refractivity contribution is -0.139. The summed E-state index contributed by atoms with van der Waals surface area (Å²) in [6.45, 7) is 2.48. The van der Waals surface area contributed by atoms with Crippen molar-refractivity contribution in [3.8, 4) is 11.5 Å². The Kier molecular flexibility index (Phi) is 4.66. The number of methoxy groups -OCH3 is 1. The van der Waals surface area contributed by atoms with Gasteiger partial charge in [-0.2, -0.15) is 0 Å². The molecule has 0 radical (unpaired) electrons. The number of hydrogen-bond donors (Lipinski definition) is 0. The summed E-state index contributed by atoms with van der Waals surface area (Å²) >= 11 is 0. The summed E-state index contributed by atoms with van der Waals surface area (Å²) < 4.78 is 12.9. The molecule has 0 spiro atoms. The first kappa shape index (κ1) is 17.3. The smallest absolute Gasteiger partial charge is 0.263 e. The summed E-state index contributed by atoms with van der Waals surface area (Å²) in [6.07, 6.45) is 3.16. The van der Waals surface area contributed by atoms with Crippen molar-refractivity contribution < 1.29 is 14.3 Å². The summed E-state index contributed by atoms with van der Waals surface area (Å²) in [5.74, 6) is 2.15. The molecule has 1 aliphatic heterocycles. The summed E-state index contributed by atoms with van der Waals surface area (Å²) in [6, 6.07) is 12.9. The molecule has 2 aromatic heterocycles. The van der Waals surface area contributed by atoms with E-state index in [0.29, 0.717) is 12.3 Å². The van der Waals surface area contributed by atoms with Crippen LogP contribution in [0.5, 0.6) is 11.5 Å². The molecule has 0 unspecified atom stereocenters. The predicted molar refractivity (Wildman–Crippen MR) is 99.8 cm³/mol. The summed E-state index contributed by atoms with van der Waals surface area (Å²) in [4.78, 5) is 14.9. The number of ether oxygens (including phenoxy) is 2. The van der Waals surface area contributed by atoms with Gasteiger partial charge < -0.3 is 14.4 Å². The number of likely N-dealkylation sites (tertiary alicyclic amines) is 1. The maximum atomic E-state index is 13.0. The van der Waals surface area contributed by atoms with Crippen LogP contribution in [-0.2, 0) is 4.79 Å². The van der Waals surface area contributed by atoms with E-state index in [1.54, 1.807) is 26.2 Å². The van der Waals surface area contributed by atoms with Crippen molar-refractivity contribution in [2.24, 2.45) is 0 Å². The minimum Gasteiger partial charge on any atom is -0.497 e. The van der Waals surface area contributed by atoms with Gasteiger partial charge in [-0.15, -0.1) is 10.2 Å². The van der Waals surface area contributed by atoms with E-state index in [-0.39, 0.29) is 11.9 Å². The summed E-state index contributed by atoms with van der Waals surface area (Å²) in [5, 5.41) is 8.55. The van der Waals surface area contributed by atoms with Gasteiger partial charge in [0, 0.05) is 12.7 Å². The molecule has 140 valence electrons. The zero-order valence-corrected chi connectivity index (χ0v) is 15.4. The van der Waals surface area contributed by atoms with Crippen LogP contribution in [0.1, 0.15) is 31.6 Å². The molecule has 1 aromatic carbocycles. The maximum absolute atomic E-state index is 13.0. The molecule has 27 heavy (non-hydrogen) atoms. The molecular weight excluding hydrogens is 344 g/mol. The lowest BCUT2D eigenvalue weighted by Crippen LogP contribution is -2.40. The van der Waals surface area contributed by atoms with Crippen molar-refractivity contribution in [3.05, 3.63) is 54.5 Å². The lowest BCUT2D eigenvalue weighted by atomic mass is 10.2. The first-order valence-electron chi connectivity index (χ1n) is 9.08. The molecule has 1 aliphatic rings. The summed E-state index contributed by atoms with van der Waals surface area (Å²) in [7, 11) is 1.61. The Morgan fingerprint density at radius 1 is 1.15 bits per heavy atom. The molecule has 2 atom stereocenters. The van der Waals surface area contributed by atoms with Gasteiger partial charge in [-0.25, -0.2) is 0 Å². The van der Waals surface area contributed by atoms with Crippen molar-refractivity contribution >= 4 is 11.6 Å². The molecule has 3 heterocycles. The number of amides is 1. The molecule has 0 bridgehead atoms. The van der Waals surface area contributed by atoms with Crippen molar-refractivity contribution in [3.63, 3.8) is 0 Å². The molecule has 1 saturated heterocycles. The Labute approximate surface area is 157 Å². The molecular formula is C20H22N4O3. The predicted octanol–water partition coefficient (Wildman–Crippen LogP) is 2.87. The zero-order valence-electron chi connectivity index (χ0n) is 15.4. The normalized spacial score (nSPS) is 17.9. The van der Waals surface area contributed by atoms with Gasteiger partial charge in [-0.3, -0.25) is 9.20 Å². The van der Waals surface area contributed by atoms with E-state index in [0.717, 1.165) is 30.1 Å². The van der Waals surface area contributed by atoms with Gasteiger partial charge in [-0.1, -0.05) is 6.07 Å². The van der Waals surface area contributed by atoms with Gasteiger partial charge in [0.25, 0.3) is 5.91 Å². The summed E-state index contributed by atoms with van der Waals surface area (Å²) in [5.41, 5.74) is 0.786. The fraction of sp³-hybridized carbons (Fsp3) is 0.350. The van der Waals surface area contributed by atoms with Crippen LogP contribution in [0.4, 0.5) is 0 Å². The number of fused-ring (bicyclic) bond motifs is 1. The SMILES string of the molecule is COc1ccc(O[C@H](C)C(=O)N2CCC[C@H]2c2nnc3ccccn23)cc1. The van der Waals surface area contributed by atoms with E-state index >= 15 is 0 Å².